The Bertz CT molecular complexity index is 1160. The molecule has 2 atom stereocenters. The first-order chi connectivity index (χ1) is 34.0. The van der Waals surface area contributed by atoms with E-state index in [-0.39, 0.29) is 18.5 Å². The summed E-state index contributed by atoms with van der Waals surface area (Å²) < 4.78 is 5.44. The highest BCUT2D eigenvalue weighted by Gasteiger charge is 2.20. The van der Waals surface area contributed by atoms with E-state index in [4.69, 9.17) is 4.74 Å². The number of carbonyl (C=O) groups excluding carboxylic acids is 2. The molecule has 1 amide bonds. The molecule has 0 bridgehead atoms. The zero-order valence-electron chi connectivity index (χ0n) is 46.0. The van der Waals surface area contributed by atoms with Crippen molar-refractivity contribution in [1.29, 1.82) is 0 Å². The van der Waals surface area contributed by atoms with Crippen molar-refractivity contribution in [3.8, 4) is 0 Å². The Morgan fingerprint density at radius 2 is 0.739 bits per heavy atom. The normalized spacial score (nSPS) is 12.9. The number of hydrogen-bond donors (Lipinski definition) is 3. The molecule has 6 nitrogen and oxygen atoms in total. The first kappa shape index (κ1) is 66.8. The monoisotopic (exact) mass is 968 g/mol. The van der Waals surface area contributed by atoms with Crippen molar-refractivity contribution in [2.75, 3.05) is 13.2 Å². The molecule has 0 heterocycles. The molecule has 0 aromatic rings. The Morgan fingerprint density at radius 1 is 0.406 bits per heavy atom. The Balaban J connectivity index is 3.51. The summed E-state index contributed by atoms with van der Waals surface area (Å²) in [5, 5.41) is 23.3. The molecule has 6 heteroatoms. The number of esters is 1. The summed E-state index contributed by atoms with van der Waals surface area (Å²) in [5.41, 5.74) is 0. The number of nitrogens with one attached hydrogen (secondary N) is 1. The molecule has 0 radical (unpaired) electrons. The van der Waals surface area contributed by atoms with Crippen molar-refractivity contribution in [3.63, 3.8) is 0 Å². The van der Waals surface area contributed by atoms with E-state index in [1.165, 1.54) is 186 Å². The number of rotatable bonds is 56. The van der Waals surface area contributed by atoms with Gasteiger partial charge in [-0.05, 0) is 89.9 Å². The Hall–Kier alpha value is -2.18. The average molecular weight is 969 g/mol. The predicted molar refractivity (Wildman–Crippen MR) is 301 cm³/mol. The molecule has 0 saturated heterocycles. The van der Waals surface area contributed by atoms with E-state index in [2.05, 4.69) is 67.8 Å². The van der Waals surface area contributed by atoms with Gasteiger partial charge in [0.2, 0.25) is 5.91 Å². The van der Waals surface area contributed by atoms with E-state index in [1.54, 1.807) is 0 Å². The zero-order valence-corrected chi connectivity index (χ0v) is 46.0. The van der Waals surface area contributed by atoms with Crippen molar-refractivity contribution < 1.29 is 24.5 Å². The fraction of sp³-hybridized carbons (Fsp3) is 0.841. The summed E-state index contributed by atoms with van der Waals surface area (Å²) in [6.07, 6.45) is 73.9. The number of aliphatic hydroxyl groups is 2. The van der Waals surface area contributed by atoms with Gasteiger partial charge in [-0.2, -0.15) is 0 Å². The molecule has 404 valence electrons. The van der Waals surface area contributed by atoms with E-state index >= 15 is 0 Å². The molecule has 0 aliphatic carbocycles. The summed E-state index contributed by atoms with van der Waals surface area (Å²) in [6.45, 7) is 4.87. The van der Waals surface area contributed by atoms with E-state index < -0.39 is 12.1 Å². The van der Waals surface area contributed by atoms with Crippen molar-refractivity contribution in [1.82, 2.24) is 5.32 Å². The second-order valence-corrected chi connectivity index (χ2v) is 20.7. The maximum Gasteiger partial charge on any atom is 0.305 e. The molecule has 0 aromatic heterocycles. The van der Waals surface area contributed by atoms with Crippen LogP contribution in [0.25, 0.3) is 0 Å². The van der Waals surface area contributed by atoms with Crippen LogP contribution >= 0.6 is 0 Å². The van der Waals surface area contributed by atoms with Crippen LogP contribution in [-0.2, 0) is 14.3 Å². The minimum absolute atomic E-state index is 0.0301. The average Bonchev–Trinajstić information content (AvgIpc) is 3.35. The highest BCUT2D eigenvalue weighted by atomic mass is 16.5. The highest BCUT2D eigenvalue weighted by molar-refractivity contribution is 5.76. The van der Waals surface area contributed by atoms with Gasteiger partial charge >= 0.3 is 5.97 Å². The van der Waals surface area contributed by atoms with Gasteiger partial charge < -0.3 is 20.3 Å². The zero-order chi connectivity index (χ0) is 50.0. The number of allylic oxidation sites excluding steroid dienone is 8. The van der Waals surface area contributed by atoms with Crippen molar-refractivity contribution in [2.45, 2.75) is 328 Å². The Labute approximate surface area is 429 Å². The molecule has 0 saturated carbocycles. The van der Waals surface area contributed by atoms with Crippen LogP contribution in [0, 0.1) is 0 Å². The summed E-state index contributed by atoms with van der Waals surface area (Å²) >= 11 is 0. The lowest BCUT2D eigenvalue weighted by atomic mass is 10.0. The number of amides is 1. The number of hydrogen-bond acceptors (Lipinski definition) is 5. The summed E-state index contributed by atoms with van der Waals surface area (Å²) in [5.74, 6) is -0.0798. The molecule has 0 rings (SSSR count). The lowest BCUT2D eigenvalue weighted by molar-refractivity contribution is -0.143. The molecular weight excluding hydrogens is 851 g/mol. The van der Waals surface area contributed by atoms with E-state index in [1.807, 2.05) is 0 Å². The predicted octanol–water partition coefficient (Wildman–Crippen LogP) is 19.0. The quantitative estimate of drug-likeness (QED) is 0.0321. The number of ether oxygens (including phenoxy) is 1. The van der Waals surface area contributed by atoms with Gasteiger partial charge in [0.25, 0.3) is 0 Å². The maximum atomic E-state index is 12.5. The number of aliphatic hydroxyl groups excluding tert-OH is 2. The first-order valence-electron chi connectivity index (χ1n) is 30.4. The third-order valence-electron chi connectivity index (χ3n) is 13.9. The molecule has 3 N–H and O–H groups in total. The standard InChI is InChI=1S/C63H117NO5/c1-3-5-7-9-11-13-15-17-19-20-21-22-23-25-28-31-35-39-43-47-51-55-61(66)60(59-65)64-62(67)56-52-48-44-40-36-32-29-26-24-27-30-34-38-42-46-50-54-58-69-63(68)57-53-49-45-41-37-33-18-16-14-12-10-8-6-4-2/h10,12,16,18,24,27,34,38,60-61,65-66H,3-9,11,13-15,17,19-23,25-26,28-33,35-37,39-59H2,1-2H3,(H,64,67)/b12-10-,18-16-,27-24-,38-34-. The van der Waals surface area contributed by atoms with Gasteiger partial charge in [-0.25, -0.2) is 0 Å². The van der Waals surface area contributed by atoms with Crippen LogP contribution in [-0.4, -0.2) is 47.4 Å². The lowest BCUT2D eigenvalue weighted by Crippen LogP contribution is -2.45. The van der Waals surface area contributed by atoms with Gasteiger partial charge in [-0.1, -0.05) is 262 Å². The van der Waals surface area contributed by atoms with E-state index in [0.29, 0.717) is 25.9 Å². The SMILES string of the molecule is CCCC/C=C\C/C=C\CCCCCCCC(=O)OCCCCC/C=C\C/C=C\CCCCCCCCCC(=O)NC(CO)C(O)CCCCCCCCCCCCCCCCCCCCCCC. The molecule has 69 heavy (non-hydrogen) atoms. The Kier molecular flexibility index (Phi) is 56.5. The van der Waals surface area contributed by atoms with Crippen LogP contribution in [0.2, 0.25) is 0 Å². The van der Waals surface area contributed by atoms with Crippen molar-refractivity contribution in [3.05, 3.63) is 48.6 Å². The van der Waals surface area contributed by atoms with Gasteiger partial charge in [0, 0.05) is 12.8 Å². The van der Waals surface area contributed by atoms with Gasteiger partial charge in [0.05, 0.1) is 25.4 Å². The molecule has 0 aromatic carbocycles. The van der Waals surface area contributed by atoms with Crippen LogP contribution in [0.1, 0.15) is 316 Å². The van der Waals surface area contributed by atoms with Gasteiger partial charge in [0.1, 0.15) is 0 Å². The molecule has 0 aliphatic heterocycles. The van der Waals surface area contributed by atoms with Crippen molar-refractivity contribution >= 4 is 11.9 Å². The van der Waals surface area contributed by atoms with Crippen LogP contribution in [0.15, 0.2) is 48.6 Å². The largest absolute Gasteiger partial charge is 0.466 e. The second-order valence-electron chi connectivity index (χ2n) is 20.7. The smallest absolute Gasteiger partial charge is 0.305 e. The summed E-state index contributed by atoms with van der Waals surface area (Å²) in [6, 6.07) is -0.556. The highest BCUT2D eigenvalue weighted by Crippen LogP contribution is 2.17. The van der Waals surface area contributed by atoms with Crippen LogP contribution in [0.5, 0.6) is 0 Å². The van der Waals surface area contributed by atoms with Gasteiger partial charge in [0.15, 0.2) is 0 Å². The number of carbonyl (C=O) groups is 2. The first-order valence-corrected chi connectivity index (χ1v) is 30.4. The second kappa shape index (κ2) is 58.4. The van der Waals surface area contributed by atoms with Gasteiger partial charge in [-0.15, -0.1) is 0 Å². The molecule has 0 fully saturated rings. The minimum Gasteiger partial charge on any atom is -0.466 e. The fourth-order valence-corrected chi connectivity index (χ4v) is 9.16. The molecule has 2 unspecified atom stereocenters. The Morgan fingerprint density at radius 3 is 1.14 bits per heavy atom. The maximum absolute atomic E-state index is 12.5. The molecule has 0 aliphatic rings. The topological polar surface area (TPSA) is 95.9 Å². The van der Waals surface area contributed by atoms with E-state index in [0.717, 1.165) is 96.3 Å². The van der Waals surface area contributed by atoms with Crippen LogP contribution in [0.4, 0.5) is 0 Å². The van der Waals surface area contributed by atoms with E-state index in [9.17, 15) is 19.8 Å². The van der Waals surface area contributed by atoms with Crippen molar-refractivity contribution in [2.24, 2.45) is 0 Å². The summed E-state index contributed by atoms with van der Waals surface area (Å²) in [4.78, 5) is 24.5. The fourth-order valence-electron chi connectivity index (χ4n) is 9.16. The molecular formula is C63H117NO5. The number of unbranched alkanes of at least 4 members (excludes halogenated alkanes) is 37. The minimum atomic E-state index is -0.677. The van der Waals surface area contributed by atoms with Crippen LogP contribution < -0.4 is 5.32 Å². The van der Waals surface area contributed by atoms with Gasteiger partial charge in [-0.3, -0.25) is 9.59 Å². The third-order valence-corrected chi connectivity index (χ3v) is 13.9. The summed E-state index contributed by atoms with van der Waals surface area (Å²) in [7, 11) is 0. The lowest BCUT2D eigenvalue weighted by Gasteiger charge is -2.22. The third kappa shape index (κ3) is 55.0. The molecule has 0 spiro atoms. The van der Waals surface area contributed by atoms with Crippen LogP contribution in [0.3, 0.4) is 0 Å².